The number of hydrogen-bond acceptors (Lipinski definition) is 5. The minimum atomic E-state index is -3.95. The van der Waals surface area contributed by atoms with E-state index in [0.717, 1.165) is 0 Å². The third-order valence-electron chi connectivity index (χ3n) is 4.81. The topological polar surface area (TPSA) is 102 Å². The van der Waals surface area contributed by atoms with Crippen molar-refractivity contribution in [3.8, 4) is 5.75 Å². The maximum absolute atomic E-state index is 12.9. The molecule has 3 aromatic rings. The Hall–Kier alpha value is -3.36. The van der Waals surface area contributed by atoms with Crippen LogP contribution in [0.1, 0.15) is 29.8 Å². The van der Waals surface area contributed by atoms with Gasteiger partial charge in [-0.15, -0.1) is 0 Å². The van der Waals surface area contributed by atoms with Crippen LogP contribution in [-0.4, -0.2) is 26.2 Å². The number of carbonyl (C=O) groups excluding carboxylic acids is 2. The van der Waals surface area contributed by atoms with Crippen molar-refractivity contribution in [2.45, 2.75) is 31.8 Å². The van der Waals surface area contributed by atoms with Crippen molar-refractivity contribution in [1.29, 1.82) is 0 Å². The summed E-state index contributed by atoms with van der Waals surface area (Å²) < 4.78 is 34.0. The largest absolute Gasteiger partial charge is 0.481 e. The Labute approximate surface area is 197 Å². The number of rotatable bonds is 8. The highest BCUT2D eigenvalue weighted by atomic mass is 35.5. The number of nitrogens with one attached hydrogen (secondary N) is 2. The van der Waals surface area contributed by atoms with Crippen molar-refractivity contribution >= 4 is 44.7 Å². The standard InChI is InChI=1S/C24H23ClN2O5S/c1-15-8-11-19(14-23(15)33(30,31)27-22-7-5-4-6-21(22)25)26-24(29)17(3)32-20-12-9-18(10-13-20)16(2)28/h4-14,17,27H,1-3H3,(H,26,29). The molecule has 0 saturated heterocycles. The van der Waals surface area contributed by atoms with Crippen LogP contribution in [0.4, 0.5) is 11.4 Å². The molecule has 0 saturated carbocycles. The monoisotopic (exact) mass is 486 g/mol. The Kier molecular flexibility index (Phi) is 7.40. The predicted molar refractivity (Wildman–Crippen MR) is 129 cm³/mol. The zero-order chi connectivity index (χ0) is 24.2. The number of ketones is 1. The quantitative estimate of drug-likeness (QED) is 0.433. The summed E-state index contributed by atoms with van der Waals surface area (Å²) in [5.41, 5.74) is 1.60. The molecule has 0 fully saturated rings. The Bertz CT molecular complexity index is 1290. The Morgan fingerprint density at radius 3 is 2.30 bits per heavy atom. The lowest BCUT2D eigenvalue weighted by Gasteiger charge is -2.16. The van der Waals surface area contributed by atoms with Crippen LogP contribution in [0.5, 0.6) is 5.75 Å². The van der Waals surface area contributed by atoms with E-state index in [1.807, 2.05) is 0 Å². The van der Waals surface area contributed by atoms with Crippen LogP contribution in [0.2, 0.25) is 5.02 Å². The number of hydrogen-bond donors (Lipinski definition) is 2. The summed E-state index contributed by atoms with van der Waals surface area (Å²) in [4.78, 5) is 24.0. The summed E-state index contributed by atoms with van der Waals surface area (Å²) in [6, 6.07) is 17.5. The summed E-state index contributed by atoms with van der Waals surface area (Å²) in [5.74, 6) is -0.0998. The molecule has 33 heavy (non-hydrogen) atoms. The van der Waals surface area contributed by atoms with Crippen LogP contribution < -0.4 is 14.8 Å². The van der Waals surface area contributed by atoms with Crippen LogP contribution in [0.3, 0.4) is 0 Å². The summed E-state index contributed by atoms with van der Waals surface area (Å²) in [6.45, 7) is 4.69. The van der Waals surface area contributed by atoms with Crippen LogP contribution in [-0.2, 0) is 14.8 Å². The van der Waals surface area contributed by atoms with E-state index >= 15 is 0 Å². The molecular weight excluding hydrogens is 464 g/mol. The van der Waals surface area contributed by atoms with Crippen LogP contribution in [0.15, 0.2) is 71.6 Å². The molecule has 0 aliphatic carbocycles. The Morgan fingerprint density at radius 2 is 1.67 bits per heavy atom. The molecule has 3 rings (SSSR count). The van der Waals surface area contributed by atoms with Crippen LogP contribution >= 0.6 is 11.6 Å². The van der Waals surface area contributed by atoms with Crippen LogP contribution in [0.25, 0.3) is 0 Å². The molecular formula is C24H23ClN2O5S. The highest BCUT2D eigenvalue weighted by molar-refractivity contribution is 7.92. The van der Waals surface area contributed by atoms with Crippen molar-refractivity contribution in [3.05, 3.63) is 82.9 Å². The average molecular weight is 487 g/mol. The van der Waals surface area contributed by atoms with Crippen molar-refractivity contribution in [2.75, 3.05) is 10.0 Å². The number of halogens is 1. The van der Waals surface area contributed by atoms with Gasteiger partial charge in [0.25, 0.3) is 15.9 Å². The minimum Gasteiger partial charge on any atom is -0.481 e. The SMILES string of the molecule is CC(=O)c1ccc(OC(C)C(=O)Nc2ccc(C)c(S(=O)(=O)Nc3ccccc3Cl)c2)cc1. The van der Waals surface area contributed by atoms with Gasteiger partial charge in [-0.05, 0) is 74.9 Å². The van der Waals surface area contributed by atoms with Gasteiger partial charge in [0.15, 0.2) is 11.9 Å². The fraction of sp³-hybridized carbons (Fsp3) is 0.167. The van der Waals surface area contributed by atoms with E-state index < -0.39 is 22.0 Å². The zero-order valence-electron chi connectivity index (χ0n) is 18.3. The van der Waals surface area contributed by atoms with Gasteiger partial charge < -0.3 is 10.1 Å². The molecule has 3 aromatic carbocycles. The Balaban J connectivity index is 1.73. The summed E-state index contributed by atoms with van der Waals surface area (Å²) in [6.07, 6.45) is -0.865. The normalized spacial score (nSPS) is 12.0. The molecule has 1 amide bonds. The smallest absolute Gasteiger partial charge is 0.265 e. The Morgan fingerprint density at radius 1 is 1.00 bits per heavy atom. The third-order valence-corrected chi connectivity index (χ3v) is 6.64. The lowest BCUT2D eigenvalue weighted by molar-refractivity contribution is -0.122. The summed E-state index contributed by atoms with van der Waals surface area (Å²) >= 11 is 6.07. The predicted octanol–water partition coefficient (Wildman–Crippen LogP) is 5.06. The zero-order valence-corrected chi connectivity index (χ0v) is 19.8. The maximum Gasteiger partial charge on any atom is 0.265 e. The fourth-order valence-corrected chi connectivity index (χ4v) is 4.57. The number of benzene rings is 3. The molecule has 0 aromatic heterocycles. The second kappa shape index (κ2) is 10.1. The van der Waals surface area contributed by atoms with Gasteiger partial charge in [0.2, 0.25) is 0 Å². The van der Waals surface area contributed by atoms with Gasteiger partial charge in [0, 0.05) is 11.3 Å². The first-order chi connectivity index (χ1) is 15.6. The van der Waals surface area contributed by atoms with Gasteiger partial charge in [0.05, 0.1) is 15.6 Å². The first-order valence-electron chi connectivity index (χ1n) is 10.0. The van der Waals surface area contributed by atoms with Crippen molar-refractivity contribution in [1.82, 2.24) is 0 Å². The lowest BCUT2D eigenvalue weighted by atomic mass is 10.1. The van der Waals surface area contributed by atoms with Crippen molar-refractivity contribution in [2.24, 2.45) is 0 Å². The first-order valence-corrected chi connectivity index (χ1v) is 11.9. The average Bonchev–Trinajstić information content (AvgIpc) is 2.76. The molecule has 1 atom stereocenters. The van der Waals surface area contributed by atoms with Gasteiger partial charge in [0.1, 0.15) is 5.75 Å². The minimum absolute atomic E-state index is 0.00797. The molecule has 0 bridgehead atoms. The molecule has 0 aliphatic rings. The highest BCUT2D eigenvalue weighted by Crippen LogP contribution is 2.27. The van der Waals surface area contributed by atoms with E-state index in [9.17, 15) is 18.0 Å². The molecule has 0 aliphatic heterocycles. The number of ether oxygens (including phenoxy) is 1. The van der Waals surface area contributed by atoms with E-state index in [0.29, 0.717) is 22.6 Å². The number of carbonyl (C=O) groups is 2. The molecule has 0 heterocycles. The fourth-order valence-electron chi connectivity index (χ4n) is 2.98. The summed E-state index contributed by atoms with van der Waals surface area (Å²) in [5, 5.41) is 2.94. The molecule has 9 heteroatoms. The van der Waals surface area contributed by atoms with Gasteiger partial charge in [-0.2, -0.15) is 0 Å². The number of Topliss-reactive ketones (excluding diaryl/α,β-unsaturated/α-hetero) is 1. The van der Waals surface area contributed by atoms with Crippen LogP contribution in [0, 0.1) is 6.92 Å². The van der Waals surface area contributed by atoms with Gasteiger partial charge in [-0.3, -0.25) is 14.3 Å². The van der Waals surface area contributed by atoms with Gasteiger partial charge in [-0.25, -0.2) is 8.42 Å². The molecule has 0 radical (unpaired) electrons. The second-order valence-electron chi connectivity index (χ2n) is 7.40. The number of amides is 1. The van der Waals surface area contributed by atoms with Gasteiger partial charge >= 0.3 is 0 Å². The molecule has 0 spiro atoms. The van der Waals surface area contributed by atoms with E-state index in [-0.39, 0.29) is 21.4 Å². The van der Waals surface area contributed by atoms with Gasteiger partial charge in [-0.1, -0.05) is 29.8 Å². The number of anilines is 2. The van der Waals surface area contributed by atoms with Crippen molar-refractivity contribution < 1.29 is 22.7 Å². The summed E-state index contributed by atoms with van der Waals surface area (Å²) in [7, 11) is -3.95. The third kappa shape index (κ3) is 6.12. The molecule has 1 unspecified atom stereocenters. The lowest BCUT2D eigenvalue weighted by Crippen LogP contribution is -2.30. The molecule has 7 nitrogen and oxygen atoms in total. The molecule has 172 valence electrons. The molecule has 2 N–H and O–H groups in total. The number of sulfonamides is 1. The van der Waals surface area contributed by atoms with E-state index in [4.69, 9.17) is 16.3 Å². The maximum atomic E-state index is 12.9. The highest BCUT2D eigenvalue weighted by Gasteiger charge is 2.21. The second-order valence-corrected chi connectivity index (χ2v) is 9.45. The first kappa shape index (κ1) is 24.3. The van der Waals surface area contributed by atoms with E-state index in [2.05, 4.69) is 10.0 Å². The number of para-hydroxylation sites is 1. The van der Waals surface area contributed by atoms with Crippen molar-refractivity contribution in [3.63, 3.8) is 0 Å². The van der Waals surface area contributed by atoms with E-state index in [1.54, 1.807) is 74.5 Å². The van der Waals surface area contributed by atoms with E-state index in [1.165, 1.54) is 13.0 Å². The number of aryl methyl sites for hydroxylation is 1.